The van der Waals surface area contributed by atoms with Crippen molar-refractivity contribution < 1.29 is 23.8 Å². The standard InChI is InChI=1S/C23H26N2O5S/c26-21(12-17-5-4-10-31-17)25-18(14-30-23(25)8-2-1-3-9-23)22(27)24-13-16-6-7-19-20(11-16)29-15-28-19/h4-7,10-11,18H,1-3,8-9,12-15H2,(H,24,27)/t18-/m1/s1. The van der Waals surface area contributed by atoms with Crippen LogP contribution in [0.4, 0.5) is 0 Å². The van der Waals surface area contributed by atoms with Gasteiger partial charge in [-0.3, -0.25) is 14.5 Å². The fourth-order valence-electron chi connectivity index (χ4n) is 4.75. The lowest BCUT2D eigenvalue weighted by molar-refractivity contribution is -0.159. The van der Waals surface area contributed by atoms with E-state index in [-0.39, 0.29) is 25.2 Å². The molecule has 1 aromatic heterocycles. The third-order valence-electron chi connectivity index (χ3n) is 6.28. The van der Waals surface area contributed by atoms with Crippen LogP contribution in [0.5, 0.6) is 11.5 Å². The van der Waals surface area contributed by atoms with Gasteiger partial charge in [-0.05, 0) is 54.8 Å². The van der Waals surface area contributed by atoms with Gasteiger partial charge in [0.2, 0.25) is 18.6 Å². The smallest absolute Gasteiger partial charge is 0.245 e. The van der Waals surface area contributed by atoms with E-state index in [0.29, 0.717) is 24.5 Å². The average molecular weight is 443 g/mol. The fourth-order valence-corrected chi connectivity index (χ4v) is 5.45. The highest BCUT2D eigenvalue weighted by Gasteiger charge is 2.52. The number of nitrogens with zero attached hydrogens (tertiary/aromatic N) is 1. The SMILES string of the molecule is O=C(NCc1ccc2c(c1)OCO2)[C@H]1COC2(CCCCC2)N1C(=O)Cc1cccs1. The van der Waals surface area contributed by atoms with E-state index in [1.807, 2.05) is 35.7 Å². The largest absolute Gasteiger partial charge is 0.454 e. The molecule has 1 aromatic carbocycles. The van der Waals surface area contributed by atoms with E-state index in [9.17, 15) is 9.59 Å². The van der Waals surface area contributed by atoms with Crippen LogP contribution in [0.15, 0.2) is 35.7 Å². The van der Waals surface area contributed by atoms with Gasteiger partial charge in [-0.2, -0.15) is 0 Å². The van der Waals surface area contributed by atoms with Crippen molar-refractivity contribution in [3.05, 3.63) is 46.2 Å². The highest BCUT2D eigenvalue weighted by atomic mass is 32.1. The van der Waals surface area contributed by atoms with E-state index in [1.54, 1.807) is 16.2 Å². The molecule has 7 nitrogen and oxygen atoms in total. The maximum Gasteiger partial charge on any atom is 0.245 e. The van der Waals surface area contributed by atoms with Crippen LogP contribution < -0.4 is 14.8 Å². The van der Waals surface area contributed by atoms with Gasteiger partial charge in [-0.25, -0.2) is 0 Å². The van der Waals surface area contributed by atoms with E-state index < -0.39 is 11.8 Å². The zero-order valence-electron chi connectivity index (χ0n) is 17.3. The Kier molecular flexibility index (Phi) is 5.58. The summed E-state index contributed by atoms with van der Waals surface area (Å²) in [6.07, 6.45) is 5.03. The molecule has 0 bridgehead atoms. The molecule has 2 aliphatic heterocycles. The lowest BCUT2D eigenvalue weighted by atomic mass is 9.90. The molecular weight excluding hydrogens is 416 g/mol. The first-order valence-electron chi connectivity index (χ1n) is 10.8. The second-order valence-electron chi connectivity index (χ2n) is 8.26. The minimum atomic E-state index is -0.645. The Morgan fingerprint density at radius 1 is 1.13 bits per heavy atom. The van der Waals surface area contributed by atoms with E-state index in [4.69, 9.17) is 14.2 Å². The number of carbonyl (C=O) groups excluding carboxylic acids is 2. The Bertz CT molecular complexity index is 955. The monoisotopic (exact) mass is 442 g/mol. The molecule has 2 fully saturated rings. The maximum absolute atomic E-state index is 13.3. The van der Waals surface area contributed by atoms with Gasteiger partial charge in [-0.1, -0.05) is 18.6 Å². The van der Waals surface area contributed by atoms with Crippen LogP contribution in [-0.4, -0.2) is 41.9 Å². The highest BCUT2D eigenvalue weighted by Crippen LogP contribution is 2.41. The second-order valence-corrected chi connectivity index (χ2v) is 9.29. The first kappa shape index (κ1) is 20.3. The third kappa shape index (κ3) is 4.02. The number of benzene rings is 1. The van der Waals surface area contributed by atoms with Gasteiger partial charge in [-0.15, -0.1) is 11.3 Å². The minimum absolute atomic E-state index is 0.0370. The lowest BCUT2D eigenvalue weighted by Crippen LogP contribution is -2.56. The van der Waals surface area contributed by atoms with Crippen molar-refractivity contribution in [3.63, 3.8) is 0 Å². The fraction of sp³-hybridized carbons (Fsp3) is 0.478. The number of ether oxygens (including phenoxy) is 3. The summed E-state index contributed by atoms with van der Waals surface area (Å²) in [7, 11) is 0. The van der Waals surface area contributed by atoms with Crippen LogP contribution in [0.25, 0.3) is 0 Å². The van der Waals surface area contributed by atoms with E-state index in [1.165, 1.54) is 0 Å². The summed E-state index contributed by atoms with van der Waals surface area (Å²) in [5.41, 5.74) is 0.272. The predicted octanol–water partition coefficient (Wildman–Crippen LogP) is 3.22. The molecule has 2 amide bonds. The predicted molar refractivity (Wildman–Crippen MR) is 115 cm³/mol. The molecule has 3 aliphatic rings. The molecule has 1 aliphatic carbocycles. The number of carbonyl (C=O) groups is 2. The number of hydrogen-bond acceptors (Lipinski definition) is 6. The molecular formula is C23H26N2O5S. The van der Waals surface area contributed by atoms with Crippen molar-refractivity contribution in [2.75, 3.05) is 13.4 Å². The van der Waals surface area contributed by atoms with Gasteiger partial charge in [0, 0.05) is 11.4 Å². The number of fused-ring (bicyclic) bond motifs is 1. The van der Waals surface area contributed by atoms with Crippen LogP contribution in [-0.2, 0) is 27.3 Å². The molecule has 8 heteroatoms. The maximum atomic E-state index is 13.3. The zero-order chi connectivity index (χ0) is 21.3. The number of amides is 2. The van der Waals surface area contributed by atoms with Crippen LogP contribution >= 0.6 is 11.3 Å². The summed E-state index contributed by atoms with van der Waals surface area (Å²) in [5.74, 6) is 1.18. The first-order chi connectivity index (χ1) is 15.1. The molecule has 1 atom stereocenters. The summed E-state index contributed by atoms with van der Waals surface area (Å²) in [5, 5.41) is 4.96. The van der Waals surface area contributed by atoms with Crippen molar-refractivity contribution in [3.8, 4) is 11.5 Å². The molecule has 1 saturated carbocycles. The van der Waals surface area contributed by atoms with E-state index >= 15 is 0 Å². The third-order valence-corrected chi connectivity index (χ3v) is 7.15. The molecule has 1 N–H and O–H groups in total. The van der Waals surface area contributed by atoms with Crippen molar-refractivity contribution in [2.24, 2.45) is 0 Å². The van der Waals surface area contributed by atoms with Gasteiger partial charge in [0.05, 0.1) is 13.0 Å². The Morgan fingerprint density at radius 3 is 2.77 bits per heavy atom. The minimum Gasteiger partial charge on any atom is -0.454 e. The molecule has 0 radical (unpaired) electrons. The molecule has 1 spiro atoms. The molecule has 2 aromatic rings. The first-order valence-corrected chi connectivity index (χ1v) is 11.7. The molecule has 31 heavy (non-hydrogen) atoms. The Morgan fingerprint density at radius 2 is 1.97 bits per heavy atom. The van der Waals surface area contributed by atoms with Crippen LogP contribution in [0.2, 0.25) is 0 Å². The van der Waals surface area contributed by atoms with Crippen LogP contribution in [0.3, 0.4) is 0 Å². The summed E-state index contributed by atoms with van der Waals surface area (Å²) >= 11 is 1.56. The summed E-state index contributed by atoms with van der Waals surface area (Å²) < 4.78 is 16.9. The Labute approximate surface area is 185 Å². The highest BCUT2D eigenvalue weighted by molar-refractivity contribution is 7.10. The van der Waals surface area contributed by atoms with E-state index in [2.05, 4.69) is 5.32 Å². The number of hydrogen-bond donors (Lipinski definition) is 1. The topological polar surface area (TPSA) is 77.1 Å². The van der Waals surface area contributed by atoms with Crippen molar-refractivity contribution in [1.82, 2.24) is 10.2 Å². The normalized spacial score (nSPS) is 21.4. The van der Waals surface area contributed by atoms with Gasteiger partial charge >= 0.3 is 0 Å². The summed E-state index contributed by atoms with van der Waals surface area (Å²) in [6.45, 7) is 0.809. The van der Waals surface area contributed by atoms with Crippen molar-refractivity contribution >= 4 is 23.2 Å². The van der Waals surface area contributed by atoms with Crippen LogP contribution in [0, 0.1) is 0 Å². The van der Waals surface area contributed by atoms with Crippen molar-refractivity contribution in [2.45, 2.75) is 56.8 Å². The van der Waals surface area contributed by atoms with Gasteiger partial charge in [0.25, 0.3) is 0 Å². The lowest BCUT2D eigenvalue weighted by Gasteiger charge is -2.41. The molecule has 164 valence electrons. The second kappa shape index (κ2) is 8.51. The Balaban J connectivity index is 1.31. The Hall–Kier alpha value is -2.58. The number of rotatable bonds is 5. The quantitative estimate of drug-likeness (QED) is 0.769. The molecule has 3 heterocycles. The number of thiophene rings is 1. The average Bonchev–Trinajstić information content (AvgIpc) is 3.52. The zero-order valence-corrected chi connectivity index (χ0v) is 18.1. The summed E-state index contributed by atoms with van der Waals surface area (Å²) in [4.78, 5) is 29.3. The molecule has 1 saturated heterocycles. The van der Waals surface area contributed by atoms with Crippen LogP contribution in [0.1, 0.15) is 42.5 Å². The summed E-state index contributed by atoms with van der Waals surface area (Å²) in [6, 6.07) is 8.91. The van der Waals surface area contributed by atoms with Gasteiger partial charge < -0.3 is 19.5 Å². The van der Waals surface area contributed by atoms with Crippen molar-refractivity contribution in [1.29, 1.82) is 0 Å². The molecule has 5 rings (SSSR count). The van der Waals surface area contributed by atoms with Gasteiger partial charge in [0.1, 0.15) is 11.8 Å². The molecule has 0 unspecified atom stereocenters. The van der Waals surface area contributed by atoms with Gasteiger partial charge in [0.15, 0.2) is 11.5 Å². The van der Waals surface area contributed by atoms with E-state index in [0.717, 1.165) is 42.5 Å². The number of nitrogens with one attached hydrogen (secondary N) is 1.